The standard InChI is InChI=1S/C8H10FNS/c1-10-6-3-4-7(9)8(5-6)11-2/h3-5,10H,1-2H3. The highest BCUT2D eigenvalue weighted by Crippen LogP contribution is 2.22. The molecule has 0 atom stereocenters. The molecule has 0 unspecified atom stereocenters. The minimum absolute atomic E-state index is 0.156. The average molecular weight is 171 g/mol. The van der Waals surface area contributed by atoms with Gasteiger partial charge in [0.2, 0.25) is 0 Å². The molecule has 0 aliphatic heterocycles. The molecule has 0 bridgehead atoms. The summed E-state index contributed by atoms with van der Waals surface area (Å²) in [6, 6.07) is 4.98. The van der Waals surface area contributed by atoms with Gasteiger partial charge in [0.1, 0.15) is 5.82 Å². The third-order valence-corrected chi connectivity index (χ3v) is 2.19. The van der Waals surface area contributed by atoms with E-state index in [1.165, 1.54) is 17.8 Å². The van der Waals surface area contributed by atoms with E-state index in [0.717, 1.165) is 5.69 Å². The molecule has 3 heteroatoms. The maximum Gasteiger partial charge on any atom is 0.136 e. The molecule has 0 amide bonds. The Bertz CT molecular complexity index is 250. The molecule has 1 aromatic carbocycles. The number of thioether (sulfide) groups is 1. The van der Waals surface area contributed by atoms with Gasteiger partial charge < -0.3 is 5.32 Å². The highest BCUT2D eigenvalue weighted by Gasteiger charge is 1.99. The summed E-state index contributed by atoms with van der Waals surface area (Å²) < 4.78 is 12.9. The van der Waals surface area contributed by atoms with E-state index in [4.69, 9.17) is 0 Å². The van der Waals surface area contributed by atoms with E-state index in [1.54, 1.807) is 12.1 Å². The van der Waals surface area contributed by atoms with E-state index in [0.29, 0.717) is 4.90 Å². The van der Waals surface area contributed by atoms with Gasteiger partial charge in [0.25, 0.3) is 0 Å². The Morgan fingerprint density at radius 1 is 1.45 bits per heavy atom. The third-order valence-electron chi connectivity index (χ3n) is 1.44. The SMILES string of the molecule is CNc1ccc(F)c(SC)c1. The van der Waals surface area contributed by atoms with Crippen molar-refractivity contribution in [2.24, 2.45) is 0 Å². The summed E-state index contributed by atoms with van der Waals surface area (Å²) in [6.45, 7) is 0. The Kier molecular flexibility index (Phi) is 2.76. The van der Waals surface area contributed by atoms with Crippen LogP contribution in [0, 0.1) is 5.82 Å². The molecule has 0 saturated heterocycles. The van der Waals surface area contributed by atoms with Crippen molar-refractivity contribution in [1.29, 1.82) is 0 Å². The van der Waals surface area contributed by atoms with Gasteiger partial charge in [-0.15, -0.1) is 11.8 Å². The van der Waals surface area contributed by atoms with Gasteiger partial charge in [0.15, 0.2) is 0 Å². The first kappa shape index (κ1) is 8.40. The van der Waals surface area contributed by atoms with E-state index in [9.17, 15) is 4.39 Å². The van der Waals surface area contributed by atoms with Crippen molar-refractivity contribution < 1.29 is 4.39 Å². The van der Waals surface area contributed by atoms with Gasteiger partial charge in [0.05, 0.1) is 0 Å². The van der Waals surface area contributed by atoms with Crippen LogP contribution in [0.25, 0.3) is 0 Å². The van der Waals surface area contributed by atoms with E-state index >= 15 is 0 Å². The lowest BCUT2D eigenvalue weighted by molar-refractivity contribution is 0.602. The number of hydrogen-bond acceptors (Lipinski definition) is 2. The van der Waals surface area contributed by atoms with Gasteiger partial charge in [-0.1, -0.05) is 0 Å². The van der Waals surface area contributed by atoms with Gasteiger partial charge in [-0.05, 0) is 24.5 Å². The number of anilines is 1. The van der Waals surface area contributed by atoms with E-state index in [2.05, 4.69) is 5.32 Å². The van der Waals surface area contributed by atoms with Crippen LogP contribution in [0.2, 0.25) is 0 Å². The van der Waals surface area contributed by atoms with Gasteiger partial charge in [0, 0.05) is 17.6 Å². The normalized spacial score (nSPS) is 9.73. The lowest BCUT2D eigenvalue weighted by Crippen LogP contribution is -1.89. The molecule has 1 nitrogen and oxygen atoms in total. The minimum Gasteiger partial charge on any atom is -0.388 e. The molecule has 0 aliphatic carbocycles. The molecular formula is C8H10FNS. The van der Waals surface area contributed by atoms with Crippen LogP contribution in [-0.4, -0.2) is 13.3 Å². The summed E-state index contributed by atoms with van der Waals surface area (Å²) in [6.07, 6.45) is 1.86. The quantitative estimate of drug-likeness (QED) is 0.686. The Balaban J connectivity index is 3.02. The van der Waals surface area contributed by atoms with Crippen LogP contribution < -0.4 is 5.32 Å². The zero-order valence-electron chi connectivity index (χ0n) is 6.52. The zero-order valence-corrected chi connectivity index (χ0v) is 7.33. The first-order valence-electron chi connectivity index (χ1n) is 3.29. The number of rotatable bonds is 2. The fourth-order valence-electron chi connectivity index (χ4n) is 0.815. The monoisotopic (exact) mass is 171 g/mol. The second-order valence-electron chi connectivity index (χ2n) is 2.10. The van der Waals surface area contributed by atoms with E-state index in [-0.39, 0.29) is 5.82 Å². The Hall–Kier alpha value is -0.700. The van der Waals surface area contributed by atoms with Gasteiger partial charge in [-0.2, -0.15) is 0 Å². The van der Waals surface area contributed by atoms with Crippen molar-refractivity contribution in [3.63, 3.8) is 0 Å². The number of hydrogen-bond donors (Lipinski definition) is 1. The summed E-state index contributed by atoms with van der Waals surface area (Å²) >= 11 is 1.41. The van der Waals surface area contributed by atoms with Crippen LogP contribution in [0.4, 0.5) is 10.1 Å². The van der Waals surface area contributed by atoms with Crippen LogP contribution in [0.1, 0.15) is 0 Å². The van der Waals surface area contributed by atoms with E-state index < -0.39 is 0 Å². The van der Waals surface area contributed by atoms with Crippen LogP contribution in [0.15, 0.2) is 23.1 Å². The fraction of sp³-hybridized carbons (Fsp3) is 0.250. The molecule has 0 aliphatic rings. The second kappa shape index (κ2) is 3.62. The first-order chi connectivity index (χ1) is 5.27. The van der Waals surface area contributed by atoms with Gasteiger partial charge in [-0.25, -0.2) is 4.39 Å². The zero-order chi connectivity index (χ0) is 8.27. The summed E-state index contributed by atoms with van der Waals surface area (Å²) in [5, 5.41) is 2.95. The average Bonchev–Trinajstić information content (AvgIpc) is 2.05. The van der Waals surface area contributed by atoms with Crippen molar-refractivity contribution >= 4 is 17.4 Å². The Morgan fingerprint density at radius 2 is 2.18 bits per heavy atom. The van der Waals surface area contributed by atoms with Crippen molar-refractivity contribution in [1.82, 2.24) is 0 Å². The second-order valence-corrected chi connectivity index (χ2v) is 2.95. The maximum absolute atomic E-state index is 12.9. The molecule has 0 saturated carbocycles. The molecule has 0 fully saturated rings. The van der Waals surface area contributed by atoms with Crippen molar-refractivity contribution in [2.45, 2.75) is 4.90 Å². The third kappa shape index (κ3) is 1.87. The van der Waals surface area contributed by atoms with Crippen LogP contribution in [0.3, 0.4) is 0 Å². The highest BCUT2D eigenvalue weighted by atomic mass is 32.2. The Labute approximate surface area is 70.0 Å². The largest absolute Gasteiger partial charge is 0.388 e. The van der Waals surface area contributed by atoms with Crippen LogP contribution in [-0.2, 0) is 0 Å². The number of halogens is 1. The molecule has 0 spiro atoms. The molecule has 0 heterocycles. The van der Waals surface area contributed by atoms with Crippen molar-refractivity contribution in [3.8, 4) is 0 Å². The molecule has 60 valence electrons. The predicted molar refractivity (Wildman–Crippen MR) is 47.7 cm³/mol. The molecule has 0 radical (unpaired) electrons. The fourth-order valence-corrected chi connectivity index (χ4v) is 1.32. The van der Waals surface area contributed by atoms with Crippen LogP contribution >= 0.6 is 11.8 Å². The summed E-state index contributed by atoms with van der Waals surface area (Å²) in [5.41, 5.74) is 0.941. The topological polar surface area (TPSA) is 12.0 Å². The summed E-state index contributed by atoms with van der Waals surface area (Å²) in [7, 11) is 1.82. The Morgan fingerprint density at radius 3 is 2.73 bits per heavy atom. The maximum atomic E-state index is 12.9. The molecular weight excluding hydrogens is 161 g/mol. The molecule has 0 aromatic heterocycles. The number of nitrogens with one attached hydrogen (secondary N) is 1. The van der Waals surface area contributed by atoms with E-state index in [1.807, 2.05) is 13.3 Å². The van der Waals surface area contributed by atoms with Gasteiger partial charge in [-0.3, -0.25) is 0 Å². The van der Waals surface area contributed by atoms with Gasteiger partial charge >= 0.3 is 0 Å². The molecule has 1 rings (SSSR count). The smallest absolute Gasteiger partial charge is 0.136 e. The molecule has 1 aromatic rings. The molecule has 1 N–H and O–H groups in total. The molecule has 11 heavy (non-hydrogen) atoms. The van der Waals surface area contributed by atoms with Crippen molar-refractivity contribution in [2.75, 3.05) is 18.6 Å². The first-order valence-corrected chi connectivity index (χ1v) is 4.51. The lowest BCUT2D eigenvalue weighted by Gasteiger charge is -2.02. The summed E-state index contributed by atoms with van der Waals surface area (Å²) in [4.78, 5) is 0.678. The van der Waals surface area contributed by atoms with Crippen LogP contribution in [0.5, 0.6) is 0 Å². The minimum atomic E-state index is -0.156. The highest BCUT2D eigenvalue weighted by molar-refractivity contribution is 7.98. The predicted octanol–water partition coefficient (Wildman–Crippen LogP) is 2.59. The number of benzene rings is 1. The van der Waals surface area contributed by atoms with Crippen molar-refractivity contribution in [3.05, 3.63) is 24.0 Å². The summed E-state index contributed by atoms with van der Waals surface area (Å²) in [5.74, 6) is -0.156. The lowest BCUT2D eigenvalue weighted by atomic mass is 10.3.